The standard InChI is InChI=1S/C18H19ClFNS/c1-12-2-4-18(16(19)10-12)22-17-5-3-14(20)11-15(17)13-6-8-21-9-7-13/h2-5,10-11,13,21H,6-9H2,1H3. The Kier molecular flexibility index (Phi) is 5.07. The maximum absolute atomic E-state index is 13.7. The van der Waals surface area contributed by atoms with Gasteiger partial charge in [-0.05, 0) is 80.2 Å². The fourth-order valence-corrected chi connectivity index (χ4v) is 4.23. The highest BCUT2D eigenvalue weighted by Gasteiger charge is 2.20. The van der Waals surface area contributed by atoms with Gasteiger partial charge in [-0.25, -0.2) is 4.39 Å². The van der Waals surface area contributed by atoms with E-state index in [9.17, 15) is 4.39 Å². The summed E-state index contributed by atoms with van der Waals surface area (Å²) in [5, 5.41) is 4.12. The van der Waals surface area contributed by atoms with E-state index in [1.807, 2.05) is 25.1 Å². The number of nitrogens with one attached hydrogen (secondary N) is 1. The molecule has 1 aliphatic heterocycles. The highest BCUT2D eigenvalue weighted by Crippen LogP contribution is 2.40. The van der Waals surface area contributed by atoms with E-state index in [0.717, 1.165) is 51.9 Å². The molecule has 2 aromatic rings. The number of hydrogen-bond acceptors (Lipinski definition) is 2. The zero-order chi connectivity index (χ0) is 15.5. The molecule has 1 nitrogen and oxygen atoms in total. The third-order valence-electron chi connectivity index (χ3n) is 4.06. The van der Waals surface area contributed by atoms with Gasteiger partial charge < -0.3 is 5.32 Å². The van der Waals surface area contributed by atoms with Gasteiger partial charge in [-0.1, -0.05) is 29.4 Å². The summed E-state index contributed by atoms with van der Waals surface area (Å²) in [6, 6.07) is 11.2. The van der Waals surface area contributed by atoms with Crippen LogP contribution >= 0.6 is 23.4 Å². The molecular weight excluding hydrogens is 317 g/mol. The summed E-state index contributed by atoms with van der Waals surface area (Å²) in [5.74, 6) is 0.261. The summed E-state index contributed by atoms with van der Waals surface area (Å²) in [7, 11) is 0. The first-order valence-electron chi connectivity index (χ1n) is 7.57. The van der Waals surface area contributed by atoms with Crippen LogP contribution in [0.4, 0.5) is 4.39 Å². The fourth-order valence-electron chi connectivity index (χ4n) is 2.87. The molecule has 0 saturated carbocycles. The lowest BCUT2D eigenvalue weighted by atomic mass is 9.90. The summed E-state index contributed by atoms with van der Waals surface area (Å²) in [5.41, 5.74) is 2.26. The van der Waals surface area contributed by atoms with Gasteiger partial charge in [-0.2, -0.15) is 0 Å². The molecule has 1 fully saturated rings. The van der Waals surface area contributed by atoms with E-state index in [4.69, 9.17) is 11.6 Å². The molecule has 0 amide bonds. The zero-order valence-electron chi connectivity index (χ0n) is 12.5. The average Bonchev–Trinajstić information content (AvgIpc) is 2.52. The average molecular weight is 336 g/mol. The quantitative estimate of drug-likeness (QED) is 0.805. The van der Waals surface area contributed by atoms with E-state index in [1.54, 1.807) is 17.8 Å². The monoisotopic (exact) mass is 335 g/mol. The molecular formula is C18H19ClFNS. The SMILES string of the molecule is Cc1ccc(Sc2ccc(F)cc2C2CCNCC2)c(Cl)c1. The number of benzene rings is 2. The van der Waals surface area contributed by atoms with Crippen LogP contribution in [0, 0.1) is 12.7 Å². The minimum atomic E-state index is -0.159. The Bertz CT molecular complexity index is 668. The zero-order valence-corrected chi connectivity index (χ0v) is 14.1. The molecule has 0 bridgehead atoms. The van der Waals surface area contributed by atoms with Crippen molar-refractivity contribution < 1.29 is 4.39 Å². The summed E-state index contributed by atoms with van der Waals surface area (Å²) in [4.78, 5) is 2.13. The van der Waals surface area contributed by atoms with Crippen LogP contribution in [-0.4, -0.2) is 13.1 Å². The Labute approximate surface area is 140 Å². The van der Waals surface area contributed by atoms with Gasteiger partial charge in [-0.15, -0.1) is 0 Å². The van der Waals surface area contributed by atoms with E-state index in [1.165, 1.54) is 6.07 Å². The first kappa shape index (κ1) is 15.9. The number of aryl methyl sites for hydroxylation is 1. The van der Waals surface area contributed by atoms with Crippen molar-refractivity contribution in [2.75, 3.05) is 13.1 Å². The molecule has 4 heteroatoms. The lowest BCUT2D eigenvalue weighted by molar-refractivity contribution is 0.454. The van der Waals surface area contributed by atoms with Crippen molar-refractivity contribution in [3.05, 3.63) is 58.4 Å². The van der Waals surface area contributed by atoms with Crippen LogP contribution in [0.3, 0.4) is 0 Å². The summed E-state index contributed by atoms with van der Waals surface area (Å²) in [6.07, 6.45) is 2.11. The van der Waals surface area contributed by atoms with Gasteiger partial charge in [0.25, 0.3) is 0 Å². The van der Waals surface area contributed by atoms with Crippen molar-refractivity contribution in [3.63, 3.8) is 0 Å². The van der Waals surface area contributed by atoms with E-state index < -0.39 is 0 Å². The molecule has 22 heavy (non-hydrogen) atoms. The van der Waals surface area contributed by atoms with Crippen LogP contribution in [0.25, 0.3) is 0 Å². The lowest BCUT2D eigenvalue weighted by Gasteiger charge is -2.25. The minimum Gasteiger partial charge on any atom is -0.317 e. The molecule has 2 aromatic carbocycles. The number of halogens is 2. The van der Waals surface area contributed by atoms with Gasteiger partial charge in [0.2, 0.25) is 0 Å². The molecule has 0 spiro atoms. The second-order valence-corrected chi connectivity index (χ2v) is 7.23. The Balaban J connectivity index is 1.92. The Morgan fingerprint density at radius 2 is 1.82 bits per heavy atom. The van der Waals surface area contributed by atoms with Gasteiger partial charge in [-0.3, -0.25) is 0 Å². The molecule has 0 unspecified atom stereocenters. The molecule has 0 aliphatic carbocycles. The van der Waals surface area contributed by atoms with Gasteiger partial charge in [0.05, 0.1) is 5.02 Å². The van der Waals surface area contributed by atoms with Crippen LogP contribution in [0.2, 0.25) is 5.02 Å². The molecule has 0 radical (unpaired) electrons. The third-order valence-corrected chi connectivity index (χ3v) is 5.65. The summed E-state index contributed by atoms with van der Waals surface area (Å²) in [6.45, 7) is 4.02. The predicted octanol–water partition coefficient (Wildman–Crippen LogP) is 5.41. The highest BCUT2D eigenvalue weighted by atomic mass is 35.5. The highest BCUT2D eigenvalue weighted by molar-refractivity contribution is 7.99. The topological polar surface area (TPSA) is 12.0 Å². The summed E-state index contributed by atoms with van der Waals surface area (Å²) >= 11 is 7.98. The molecule has 0 atom stereocenters. The van der Waals surface area contributed by atoms with Crippen LogP contribution in [-0.2, 0) is 0 Å². The van der Waals surface area contributed by atoms with E-state index in [-0.39, 0.29) is 5.82 Å². The van der Waals surface area contributed by atoms with Crippen molar-refractivity contribution in [1.82, 2.24) is 5.32 Å². The Morgan fingerprint density at radius 1 is 1.09 bits per heavy atom. The fraction of sp³-hybridized carbons (Fsp3) is 0.333. The molecule has 1 heterocycles. The van der Waals surface area contributed by atoms with Gasteiger partial charge in [0.1, 0.15) is 5.82 Å². The number of hydrogen-bond donors (Lipinski definition) is 1. The second-order valence-electron chi connectivity index (χ2n) is 5.74. The van der Waals surface area contributed by atoms with Crippen LogP contribution in [0.1, 0.15) is 29.9 Å². The molecule has 3 rings (SSSR count). The van der Waals surface area contributed by atoms with Gasteiger partial charge in [0, 0.05) is 9.79 Å². The van der Waals surface area contributed by atoms with E-state index >= 15 is 0 Å². The smallest absolute Gasteiger partial charge is 0.123 e. The van der Waals surface area contributed by atoms with Crippen molar-refractivity contribution in [2.45, 2.75) is 35.5 Å². The van der Waals surface area contributed by atoms with Crippen molar-refractivity contribution in [2.24, 2.45) is 0 Å². The van der Waals surface area contributed by atoms with Crippen molar-refractivity contribution in [3.8, 4) is 0 Å². The lowest BCUT2D eigenvalue weighted by Crippen LogP contribution is -2.26. The van der Waals surface area contributed by atoms with Crippen LogP contribution in [0.15, 0.2) is 46.2 Å². The molecule has 1 aliphatic rings. The van der Waals surface area contributed by atoms with Gasteiger partial charge >= 0.3 is 0 Å². The first-order chi connectivity index (χ1) is 10.6. The van der Waals surface area contributed by atoms with Gasteiger partial charge in [0.15, 0.2) is 0 Å². The predicted molar refractivity (Wildman–Crippen MR) is 91.6 cm³/mol. The van der Waals surface area contributed by atoms with Crippen molar-refractivity contribution in [1.29, 1.82) is 0 Å². The maximum atomic E-state index is 13.7. The Morgan fingerprint density at radius 3 is 2.55 bits per heavy atom. The number of piperidine rings is 1. The Hall–Kier alpha value is -1.03. The normalized spacial score (nSPS) is 16.0. The largest absolute Gasteiger partial charge is 0.317 e. The maximum Gasteiger partial charge on any atom is 0.123 e. The first-order valence-corrected chi connectivity index (χ1v) is 8.77. The molecule has 1 saturated heterocycles. The summed E-state index contributed by atoms with van der Waals surface area (Å²) < 4.78 is 13.7. The number of rotatable bonds is 3. The molecule has 1 N–H and O–H groups in total. The van der Waals surface area contributed by atoms with Crippen molar-refractivity contribution >= 4 is 23.4 Å². The van der Waals surface area contributed by atoms with Crippen LogP contribution in [0.5, 0.6) is 0 Å². The van der Waals surface area contributed by atoms with E-state index in [2.05, 4.69) is 11.4 Å². The third kappa shape index (κ3) is 3.65. The van der Waals surface area contributed by atoms with Crippen LogP contribution < -0.4 is 5.32 Å². The molecule has 0 aromatic heterocycles. The minimum absolute atomic E-state index is 0.159. The van der Waals surface area contributed by atoms with E-state index in [0.29, 0.717) is 5.92 Å². The molecule has 116 valence electrons. The second kappa shape index (κ2) is 7.03.